The number of nitrogens with zero attached hydrogens (tertiary/aromatic N) is 4. The molecule has 0 saturated carbocycles. The second kappa shape index (κ2) is 10.6. The fourth-order valence-corrected chi connectivity index (χ4v) is 3.96. The number of methoxy groups -OCH3 is 1. The zero-order valence-electron chi connectivity index (χ0n) is 19.2. The predicted octanol–water partition coefficient (Wildman–Crippen LogP) is 3.63. The molecule has 178 valence electrons. The monoisotopic (exact) mass is 467 g/mol. The number of amides is 1. The second-order valence-electron chi connectivity index (χ2n) is 8.17. The molecule has 34 heavy (non-hydrogen) atoms. The Bertz CT molecular complexity index is 1180. The predicted molar refractivity (Wildman–Crippen MR) is 124 cm³/mol. The summed E-state index contributed by atoms with van der Waals surface area (Å²) < 4.78 is 34.6. The summed E-state index contributed by atoms with van der Waals surface area (Å²) >= 11 is 0. The number of carbonyl (C=O) groups is 1. The number of halogens is 2. The van der Waals surface area contributed by atoms with Gasteiger partial charge in [0.1, 0.15) is 23.2 Å². The highest BCUT2D eigenvalue weighted by Gasteiger charge is 2.23. The average Bonchev–Trinajstić information content (AvgIpc) is 3.14. The summed E-state index contributed by atoms with van der Waals surface area (Å²) in [7, 11) is 1.65. The molecule has 0 spiro atoms. The molecule has 1 unspecified atom stereocenters. The molecular formula is C25H27F2N5O2. The summed E-state index contributed by atoms with van der Waals surface area (Å²) in [4.78, 5) is 14.8. The first-order valence-electron chi connectivity index (χ1n) is 11.2. The molecule has 1 atom stereocenters. The molecule has 1 N–H and O–H groups in total. The van der Waals surface area contributed by atoms with E-state index in [4.69, 9.17) is 4.74 Å². The van der Waals surface area contributed by atoms with Crippen LogP contribution in [0, 0.1) is 11.6 Å². The van der Waals surface area contributed by atoms with E-state index in [1.165, 1.54) is 0 Å². The van der Waals surface area contributed by atoms with Crippen molar-refractivity contribution >= 4 is 12.0 Å². The zero-order chi connectivity index (χ0) is 24.1. The van der Waals surface area contributed by atoms with Crippen LogP contribution in [0.1, 0.15) is 40.5 Å². The molecular weight excluding hydrogens is 440 g/mol. The third-order valence-corrected chi connectivity index (χ3v) is 5.85. The topological polar surface area (TPSA) is 72.3 Å². The van der Waals surface area contributed by atoms with Gasteiger partial charge in [0.05, 0.1) is 18.7 Å². The number of hydrogen-bond acceptors (Lipinski definition) is 5. The van der Waals surface area contributed by atoms with Gasteiger partial charge in [-0.2, -0.15) is 0 Å². The standard InChI is InChI=1S/C25H27F2N5O2/c1-17(28-25(33)21-16-19(26)7-10-22(21)27)24-30-29-23-11-13-31(14-15-32(23)24)12-3-4-18-5-8-20(34-2)9-6-18/h3-10,16-17H,11-15H2,1-2H3,(H,28,33)/b4-3+. The molecule has 3 aromatic rings. The Balaban J connectivity index is 1.36. The molecule has 0 saturated heterocycles. The average molecular weight is 468 g/mol. The van der Waals surface area contributed by atoms with Crippen LogP contribution in [0.2, 0.25) is 0 Å². The highest BCUT2D eigenvalue weighted by Crippen LogP contribution is 2.18. The van der Waals surface area contributed by atoms with Crippen LogP contribution >= 0.6 is 0 Å². The van der Waals surface area contributed by atoms with Gasteiger partial charge in [0, 0.05) is 32.6 Å². The Kier molecular flexibility index (Phi) is 7.32. The Labute approximate surface area is 197 Å². The number of aromatic nitrogens is 3. The van der Waals surface area contributed by atoms with E-state index in [0.29, 0.717) is 12.4 Å². The third-order valence-electron chi connectivity index (χ3n) is 5.85. The summed E-state index contributed by atoms with van der Waals surface area (Å²) in [6.45, 7) is 4.85. The van der Waals surface area contributed by atoms with Crippen LogP contribution in [-0.2, 0) is 13.0 Å². The minimum Gasteiger partial charge on any atom is -0.497 e. The van der Waals surface area contributed by atoms with Crippen LogP contribution in [0.4, 0.5) is 8.78 Å². The van der Waals surface area contributed by atoms with Gasteiger partial charge in [-0.1, -0.05) is 24.3 Å². The fraction of sp³-hybridized carbons (Fsp3) is 0.320. The smallest absolute Gasteiger partial charge is 0.254 e. The largest absolute Gasteiger partial charge is 0.497 e. The van der Waals surface area contributed by atoms with Crippen molar-refractivity contribution in [3.8, 4) is 5.75 Å². The van der Waals surface area contributed by atoms with E-state index in [9.17, 15) is 13.6 Å². The quantitative estimate of drug-likeness (QED) is 0.575. The number of benzene rings is 2. The molecule has 0 bridgehead atoms. The van der Waals surface area contributed by atoms with Gasteiger partial charge >= 0.3 is 0 Å². The van der Waals surface area contributed by atoms with E-state index >= 15 is 0 Å². The van der Waals surface area contributed by atoms with Gasteiger partial charge in [0.25, 0.3) is 5.91 Å². The number of ether oxygens (including phenoxy) is 1. The molecule has 0 fully saturated rings. The van der Waals surface area contributed by atoms with Gasteiger partial charge in [-0.15, -0.1) is 10.2 Å². The van der Waals surface area contributed by atoms with Crippen molar-refractivity contribution in [1.29, 1.82) is 0 Å². The molecule has 1 aliphatic heterocycles. The van der Waals surface area contributed by atoms with Gasteiger partial charge in [-0.25, -0.2) is 8.78 Å². The Morgan fingerprint density at radius 1 is 1.15 bits per heavy atom. The van der Waals surface area contributed by atoms with E-state index in [0.717, 1.165) is 61.4 Å². The number of carbonyl (C=O) groups excluding carboxylic acids is 1. The molecule has 7 nitrogen and oxygen atoms in total. The van der Waals surface area contributed by atoms with E-state index in [1.54, 1.807) is 14.0 Å². The van der Waals surface area contributed by atoms with E-state index in [-0.39, 0.29) is 5.56 Å². The molecule has 0 radical (unpaired) electrons. The summed E-state index contributed by atoms with van der Waals surface area (Å²) in [5.41, 5.74) is 0.770. The zero-order valence-corrected chi connectivity index (χ0v) is 19.2. The van der Waals surface area contributed by atoms with Crippen molar-refractivity contribution in [2.75, 3.05) is 26.7 Å². The number of fused-ring (bicyclic) bond motifs is 1. The highest BCUT2D eigenvalue weighted by atomic mass is 19.1. The van der Waals surface area contributed by atoms with Crippen molar-refractivity contribution in [2.45, 2.75) is 25.9 Å². The first-order chi connectivity index (χ1) is 16.4. The lowest BCUT2D eigenvalue weighted by molar-refractivity contribution is 0.0933. The minimum atomic E-state index is -0.774. The maximum Gasteiger partial charge on any atom is 0.254 e. The molecule has 0 aliphatic carbocycles. The maximum atomic E-state index is 13.9. The van der Waals surface area contributed by atoms with Crippen LogP contribution in [0.15, 0.2) is 48.5 Å². The number of rotatable bonds is 7. The van der Waals surface area contributed by atoms with Crippen LogP contribution in [0.5, 0.6) is 5.75 Å². The van der Waals surface area contributed by atoms with Crippen LogP contribution in [0.3, 0.4) is 0 Å². The SMILES string of the molecule is COc1ccc(/C=C/CN2CCc3nnc(C(C)NC(=O)c4cc(F)ccc4F)n3CC2)cc1. The van der Waals surface area contributed by atoms with Crippen molar-refractivity contribution in [3.05, 3.63) is 83.0 Å². The normalized spacial score (nSPS) is 15.1. The molecule has 1 aliphatic rings. The van der Waals surface area contributed by atoms with Crippen molar-refractivity contribution in [3.63, 3.8) is 0 Å². The maximum absolute atomic E-state index is 13.9. The van der Waals surface area contributed by atoms with Crippen molar-refractivity contribution < 1.29 is 18.3 Å². The highest BCUT2D eigenvalue weighted by molar-refractivity contribution is 5.94. The van der Waals surface area contributed by atoms with Gasteiger partial charge in [-0.3, -0.25) is 9.69 Å². The minimum absolute atomic E-state index is 0.336. The van der Waals surface area contributed by atoms with Gasteiger partial charge in [-0.05, 0) is 42.8 Å². The first-order valence-corrected chi connectivity index (χ1v) is 11.2. The third kappa shape index (κ3) is 5.48. The lowest BCUT2D eigenvalue weighted by atomic mass is 10.1. The van der Waals surface area contributed by atoms with Crippen LogP contribution in [0.25, 0.3) is 6.08 Å². The molecule has 1 amide bonds. The van der Waals surface area contributed by atoms with Crippen molar-refractivity contribution in [2.24, 2.45) is 0 Å². The second-order valence-corrected chi connectivity index (χ2v) is 8.17. The molecule has 9 heteroatoms. The number of nitrogens with one attached hydrogen (secondary N) is 1. The number of hydrogen-bond donors (Lipinski definition) is 1. The van der Waals surface area contributed by atoms with E-state index in [2.05, 4.69) is 32.6 Å². The Hall–Kier alpha value is -3.59. The molecule has 1 aromatic heterocycles. The summed E-state index contributed by atoms with van der Waals surface area (Å²) in [5.74, 6) is 0.127. The lowest BCUT2D eigenvalue weighted by Crippen LogP contribution is -2.31. The molecule has 2 heterocycles. The molecule has 4 rings (SSSR count). The first kappa shape index (κ1) is 23.6. The molecule has 2 aromatic carbocycles. The fourth-order valence-electron chi connectivity index (χ4n) is 3.96. The van der Waals surface area contributed by atoms with Gasteiger partial charge < -0.3 is 14.6 Å². The summed E-state index contributed by atoms with van der Waals surface area (Å²) in [6, 6.07) is 10.2. The Morgan fingerprint density at radius 2 is 1.94 bits per heavy atom. The van der Waals surface area contributed by atoms with E-state index < -0.39 is 23.6 Å². The van der Waals surface area contributed by atoms with Gasteiger partial charge in [0.15, 0.2) is 5.82 Å². The van der Waals surface area contributed by atoms with E-state index in [1.807, 2.05) is 28.8 Å². The van der Waals surface area contributed by atoms with Crippen LogP contribution in [-0.4, -0.2) is 52.3 Å². The van der Waals surface area contributed by atoms with Crippen LogP contribution < -0.4 is 10.1 Å². The summed E-state index contributed by atoms with van der Waals surface area (Å²) in [6.07, 6.45) is 4.94. The summed E-state index contributed by atoms with van der Waals surface area (Å²) in [5, 5.41) is 11.3. The lowest BCUT2D eigenvalue weighted by Gasteiger charge is -2.18. The van der Waals surface area contributed by atoms with Crippen molar-refractivity contribution in [1.82, 2.24) is 25.0 Å². The Morgan fingerprint density at radius 3 is 2.71 bits per heavy atom. The van der Waals surface area contributed by atoms with Gasteiger partial charge in [0.2, 0.25) is 0 Å².